The van der Waals surface area contributed by atoms with Crippen LogP contribution in [-0.2, 0) is 18.8 Å². The average Bonchev–Trinajstić information content (AvgIpc) is 2.86. The van der Waals surface area contributed by atoms with Crippen molar-refractivity contribution in [1.29, 1.82) is 0 Å². The summed E-state index contributed by atoms with van der Waals surface area (Å²) < 4.78 is 17.9. The minimum Gasteiger partial charge on any atom is -0.444 e. The number of hydrogen-bond acceptors (Lipinski definition) is 5. The minimum absolute atomic E-state index is 0.0593. The molecule has 0 bridgehead atoms. The number of carbonyl (C=O) groups excluding carboxylic acids is 2. The summed E-state index contributed by atoms with van der Waals surface area (Å²) in [6.07, 6.45) is -0.390. The predicted octanol–water partition coefficient (Wildman–Crippen LogP) is 3.78. The fraction of sp³-hybridized carbons (Fsp3) is 0.652. The second-order valence-corrected chi connectivity index (χ2v) is 11.0. The number of hydrogen-bond donors (Lipinski definition) is 0. The average molecular weight is 465 g/mol. The molecule has 0 spiro atoms. The Balaban J connectivity index is 1.91. The van der Waals surface area contributed by atoms with Crippen LogP contribution in [0, 0.1) is 0 Å². The number of benzene rings is 1. The van der Waals surface area contributed by atoms with Gasteiger partial charge in [-0.1, -0.05) is 17.7 Å². The van der Waals surface area contributed by atoms with Crippen LogP contribution in [0.4, 0.5) is 4.79 Å². The first-order valence-corrected chi connectivity index (χ1v) is 11.4. The van der Waals surface area contributed by atoms with Crippen LogP contribution in [0.3, 0.4) is 0 Å². The van der Waals surface area contributed by atoms with E-state index in [0.717, 1.165) is 11.0 Å². The molecule has 2 aliphatic heterocycles. The molecule has 32 heavy (non-hydrogen) atoms. The lowest BCUT2D eigenvalue weighted by atomic mass is 9.77. The summed E-state index contributed by atoms with van der Waals surface area (Å²) in [5, 5.41) is 0.519. The molecule has 0 aliphatic carbocycles. The Morgan fingerprint density at radius 2 is 1.69 bits per heavy atom. The molecule has 0 aromatic heterocycles. The van der Waals surface area contributed by atoms with Gasteiger partial charge in [0.15, 0.2) is 0 Å². The van der Waals surface area contributed by atoms with Crippen molar-refractivity contribution in [2.45, 2.75) is 78.2 Å². The van der Waals surface area contributed by atoms with E-state index in [2.05, 4.69) is 0 Å². The van der Waals surface area contributed by atoms with Crippen LogP contribution >= 0.6 is 11.6 Å². The van der Waals surface area contributed by atoms with E-state index in [9.17, 15) is 9.59 Å². The number of halogens is 1. The van der Waals surface area contributed by atoms with Crippen LogP contribution < -0.4 is 5.46 Å². The molecule has 7 nitrogen and oxygen atoms in total. The summed E-state index contributed by atoms with van der Waals surface area (Å²) in [6.45, 7) is 16.2. The van der Waals surface area contributed by atoms with Gasteiger partial charge in [-0.25, -0.2) is 4.79 Å². The number of ether oxygens (including phenoxy) is 1. The summed E-state index contributed by atoms with van der Waals surface area (Å²) in [7, 11) is -0.575. The number of rotatable bonds is 2. The van der Waals surface area contributed by atoms with Crippen molar-refractivity contribution in [3.8, 4) is 0 Å². The normalized spacial score (nSPS) is 22.8. The molecule has 1 atom stereocenters. The minimum atomic E-state index is -0.593. The number of nitrogens with zero attached hydrogens (tertiary/aromatic N) is 2. The topological polar surface area (TPSA) is 68.3 Å². The van der Waals surface area contributed by atoms with Gasteiger partial charge in [0.25, 0.3) is 0 Å². The third-order valence-corrected chi connectivity index (χ3v) is 6.51. The molecule has 0 saturated carbocycles. The van der Waals surface area contributed by atoms with Crippen LogP contribution in [-0.4, -0.2) is 65.4 Å². The van der Waals surface area contributed by atoms with E-state index in [0.29, 0.717) is 24.7 Å². The fourth-order valence-electron chi connectivity index (χ4n) is 3.88. The Hall–Kier alpha value is -1.77. The Morgan fingerprint density at radius 1 is 1.09 bits per heavy atom. The smallest absolute Gasteiger partial charge is 0.444 e. The van der Waals surface area contributed by atoms with Gasteiger partial charge in [0.1, 0.15) is 5.60 Å². The summed E-state index contributed by atoms with van der Waals surface area (Å²) in [5.41, 5.74) is 0.0488. The Kier molecular flexibility index (Phi) is 6.64. The van der Waals surface area contributed by atoms with Crippen molar-refractivity contribution >= 4 is 36.2 Å². The van der Waals surface area contributed by atoms with E-state index in [4.69, 9.17) is 25.6 Å². The SMILES string of the molecule is CC(=O)N1CCN(C(=O)OC(C)(C)C)C[C@H]1c1cc(Cl)cc(B2OC(C)(C)C(C)(C)O2)c1. The molecule has 2 saturated heterocycles. The Bertz CT molecular complexity index is 883. The predicted molar refractivity (Wildman–Crippen MR) is 125 cm³/mol. The van der Waals surface area contributed by atoms with E-state index in [1.165, 1.54) is 6.92 Å². The Morgan fingerprint density at radius 3 is 2.22 bits per heavy atom. The van der Waals surface area contributed by atoms with Gasteiger partial charge in [0, 0.05) is 31.6 Å². The van der Waals surface area contributed by atoms with E-state index in [1.54, 1.807) is 9.80 Å². The summed E-state index contributed by atoms with van der Waals surface area (Å²) >= 11 is 6.48. The van der Waals surface area contributed by atoms with Crippen molar-refractivity contribution in [2.75, 3.05) is 19.6 Å². The first-order valence-electron chi connectivity index (χ1n) is 11.0. The van der Waals surface area contributed by atoms with Gasteiger partial charge >= 0.3 is 13.2 Å². The zero-order chi connectivity index (χ0) is 24.1. The van der Waals surface area contributed by atoms with Gasteiger partial charge < -0.3 is 23.8 Å². The highest BCUT2D eigenvalue weighted by molar-refractivity contribution is 6.62. The molecular formula is C23H34BClN2O5. The van der Waals surface area contributed by atoms with Crippen molar-refractivity contribution in [3.63, 3.8) is 0 Å². The summed E-state index contributed by atoms with van der Waals surface area (Å²) in [5.74, 6) is -0.0593. The van der Waals surface area contributed by atoms with Crippen LogP contribution in [0.15, 0.2) is 18.2 Å². The lowest BCUT2D eigenvalue weighted by molar-refractivity contribution is -0.134. The second-order valence-electron chi connectivity index (χ2n) is 10.6. The molecule has 2 aliphatic rings. The Labute approximate surface area is 196 Å². The van der Waals surface area contributed by atoms with Crippen LogP contribution in [0.1, 0.15) is 67.0 Å². The van der Waals surface area contributed by atoms with Crippen LogP contribution in [0.25, 0.3) is 0 Å². The van der Waals surface area contributed by atoms with Gasteiger partial charge in [-0.05, 0) is 71.6 Å². The lowest BCUT2D eigenvalue weighted by Gasteiger charge is -2.41. The van der Waals surface area contributed by atoms with E-state index in [-0.39, 0.29) is 18.0 Å². The first-order chi connectivity index (χ1) is 14.6. The molecule has 2 heterocycles. The largest absolute Gasteiger partial charge is 0.494 e. The number of carbonyl (C=O) groups is 2. The lowest BCUT2D eigenvalue weighted by Crippen LogP contribution is -2.53. The maximum absolute atomic E-state index is 12.7. The van der Waals surface area contributed by atoms with Crippen LogP contribution in [0.2, 0.25) is 5.02 Å². The maximum atomic E-state index is 12.7. The van der Waals surface area contributed by atoms with Crippen molar-refractivity contribution in [2.24, 2.45) is 0 Å². The van der Waals surface area contributed by atoms with Gasteiger partial charge in [-0.2, -0.15) is 0 Å². The molecule has 0 radical (unpaired) electrons. The van der Waals surface area contributed by atoms with Gasteiger partial charge in [-0.15, -0.1) is 0 Å². The summed E-state index contributed by atoms with van der Waals surface area (Å²) in [4.78, 5) is 28.5. The summed E-state index contributed by atoms with van der Waals surface area (Å²) in [6, 6.07) is 5.25. The molecule has 0 unspecified atom stereocenters. The molecule has 176 valence electrons. The van der Waals surface area contributed by atoms with E-state index >= 15 is 0 Å². The van der Waals surface area contributed by atoms with Gasteiger partial charge in [0.05, 0.1) is 17.2 Å². The zero-order valence-electron chi connectivity index (χ0n) is 20.3. The number of amides is 2. The maximum Gasteiger partial charge on any atom is 0.494 e. The highest BCUT2D eigenvalue weighted by Gasteiger charge is 2.52. The first kappa shape index (κ1) is 24.9. The third-order valence-electron chi connectivity index (χ3n) is 6.29. The fourth-order valence-corrected chi connectivity index (χ4v) is 4.13. The highest BCUT2D eigenvalue weighted by Crippen LogP contribution is 2.37. The zero-order valence-corrected chi connectivity index (χ0v) is 21.1. The molecule has 1 aromatic rings. The molecular weight excluding hydrogens is 431 g/mol. The quantitative estimate of drug-likeness (QED) is 0.623. The molecule has 0 N–H and O–H groups in total. The van der Waals surface area contributed by atoms with Crippen molar-refractivity contribution in [1.82, 2.24) is 9.80 Å². The van der Waals surface area contributed by atoms with E-state index < -0.39 is 23.9 Å². The molecule has 3 rings (SSSR count). The molecule has 2 fully saturated rings. The number of piperazine rings is 1. The third kappa shape index (κ3) is 5.24. The molecule has 1 aromatic carbocycles. The second kappa shape index (κ2) is 8.54. The van der Waals surface area contributed by atoms with Gasteiger partial charge in [-0.3, -0.25) is 4.79 Å². The van der Waals surface area contributed by atoms with Crippen molar-refractivity contribution in [3.05, 3.63) is 28.8 Å². The van der Waals surface area contributed by atoms with Gasteiger partial charge in [0.2, 0.25) is 5.91 Å². The standard InChI is InChI=1S/C23H34BClN2O5/c1-15(28)27-10-9-26(20(29)30-21(2,3)4)14-19(27)16-11-17(13-18(25)12-16)24-31-22(5,6)23(7,8)32-24/h11-13,19H,9-10,14H2,1-8H3/t19-/m0/s1. The molecule has 2 amide bonds. The highest BCUT2D eigenvalue weighted by atomic mass is 35.5. The monoisotopic (exact) mass is 464 g/mol. The van der Waals surface area contributed by atoms with E-state index in [1.807, 2.05) is 66.7 Å². The molecule has 9 heteroatoms. The van der Waals surface area contributed by atoms with Crippen LogP contribution in [0.5, 0.6) is 0 Å². The van der Waals surface area contributed by atoms with Crippen molar-refractivity contribution < 1.29 is 23.6 Å².